The molecule has 0 aromatic carbocycles. The molecular weight excluding hydrogens is 306 g/mol. The van der Waals surface area contributed by atoms with E-state index in [0.29, 0.717) is 13.1 Å². The summed E-state index contributed by atoms with van der Waals surface area (Å²) in [6.45, 7) is 10.9. The van der Waals surface area contributed by atoms with Crippen molar-refractivity contribution in [3.8, 4) is 0 Å². The summed E-state index contributed by atoms with van der Waals surface area (Å²) >= 11 is 0. The topological polar surface area (TPSA) is 70.5 Å². The molecule has 2 heterocycles. The van der Waals surface area contributed by atoms with E-state index in [1.54, 1.807) is 11.9 Å². The monoisotopic (exact) mass is 335 g/mol. The summed E-state index contributed by atoms with van der Waals surface area (Å²) in [7, 11) is 1.78. The van der Waals surface area contributed by atoms with Crippen LogP contribution >= 0.6 is 0 Å². The minimum atomic E-state index is -0.381. The van der Waals surface area contributed by atoms with Gasteiger partial charge in [0.05, 0.1) is 18.7 Å². The first kappa shape index (κ1) is 18.4. The van der Waals surface area contributed by atoms with Gasteiger partial charge in [-0.15, -0.1) is 0 Å². The van der Waals surface area contributed by atoms with E-state index in [1.807, 2.05) is 24.7 Å². The lowest BCUT2D eigenvalue weighted by Crippen LogP contribution is -2.58. The lowest BCUT2D eigenvalue weighted by molar-refractivity contribution is -0.139. The SMILES string of the molecule is CCn1ncc(CN(C)C(=O)C[C@H]2C(=O)NCCN2C(C)C)c1C. The van der Waals surface area contributed by atoms with Gasteiger partial charge in [-0.2, -0.15) is 5.10 Å². The molecule has 1 aromatic rings. The molecule has 0 bridgehead atoms. The Bertz CT molecular complexity index is 596. The molecule has 0 unspecified atom stereocenters. The van der Waals surface area contributed by atoms with Gasteiger partial charge in [-0.05, 0) is 27.7 Å². The first-order valence-corrected chi connectivity index (χ1v) is 8.63. The number of carbonyl (C=O) groups excluding carboxylic acids is 2. The maximum absolute atomic E-state index is 12.6. The van der Waals surface area contributed by atoms with Crippen LogP contribution in [-0.2, 0) is 22.7 Å². The van der Waals surface area contributed by atoms with Crippen LogP contribution in [0.15, 0.2) is 6.20 Å². The highest BCUT2D eigenvalue weighted by atomic mass is 16.2. The largest absolute Gasteiger partial charge is 0.353 e. The van der Waals surface area contributed by atoms with Crippen molar-refractivity contribution in [2.24, 2.45) is 0 Å². The molecule has 1 atom stereocenters. The number of carbonyl (C=O) groups is 2. The van der Waals surface area contributed by atoms with E-state index in [0.717, 1.165) is 24.3 Å². The fourth-order valence-corrected chi connectivity index (χ4v) is 3.18. The van der Waals surface area contributed by atoms with Gasteiger partial charge in [0.25, 0.3) is 0 Å². The molecule has 0 aliphatic carbocycles. The number of aromatic nitrogens is 2. The number of piperazine rings is 1. The van der Waals surface area contributed by atoms with Gasteiger partial charge in [0.15, 0.2) is 0 Å². The highest BCUT2D eigenvalue weighted by Crippen LogP contribution is 2.15. The molecule has 134 valence electrons. The molecule has 0 radical (unpaired) electrons. The Hall–Kier alpha value is -1.89. The van der Waals surface area contributed by atoms with Gasteiger partial charge >= 0.3 is 0 Å². The molecule has 7 heteroatoms. The summed E-state index contributed by atoms with van der Waals surface area (Å²) < 4.78 is 1.92. The molecule has 1 aromatic heterocycles. The number of nitrogens with one attached hydrogen (secondary N) is 1. The van der Waals surface area contributed by atoms with Gasteiger partial charge in [0, 0.05) is 50.5 Å². The summed E-state index contributed by atoms with van der Waals surface area (Å²) in [5, 5.41) is 7.18. The maximum Gasteiger partial charge on any atom is 0.237 e. The lowest BCUT2D eigenvalue weighted by Gasteiger charge is -2.38. The number of hydrogen-bond donors (Lipinski definition) is 1. The second kappa shape index (κ2) is 7.79. The van der Waals surface area contributed by atoms with Crippen molar-refractivity contribution in [3.63, 3.8) is 0 Å². The van der Waals surface area contributed by atoms with Crippen LogP contribution in [0.1, 0.15) is 38.4 Å². The molecule has 2 amide bonds. The van der Waals surface area contributed by atoms with Crippen molar-refractivity contribution >= 4 is 11.8 Å². The van der Waals surface area contributed by atoms with Crippen LogP contribution in [0.5, 0.6) is 0 Å². The van der Waals surface area contributed by atoms with E-state index in [9.17, 15) is 9.59 Å². The summed E-state index contributed by atoms with van der Waals surface area (Å²) in [6.07, 6.45) is 2.03. The van der Waals surface area contributed by atoms with Crippen LogP contribution in [-0.4, -0.2) is 63.6 Å². The van der Waals surface area contributed by atoms with Gasteiger partial charge in [-0.1, -0.05) is 0 Å². The molecule has 2 rings (SSSR count). The normalized spacial score (nSPS) is 18.8. The van der Waals surface area contributed by atoms with Gasteiger partial charge < -0.3 is 10.2 Å². The molecule has 1 aliphatic rings. The number of hydrogen-bond acceptors (Lipinski definition) is 4. The van der Waals surface area contributed by atoms with Crippen molar-refractivity contribution < 1.29 is 9.59 Å². The zero-order valence-electron chi connectivity index (χ0n) is 15.4. The van der Waals surface area contributed by atoms with Crippen molar-refractivity contribution in [1.82, 2.24) is 24.9 Å². The molecule has 0 saturated carbocycles. The molecule has 1 fully saturated rings. The third-order valence-corrected chi connectivity index (χ3v) is 4.74. The zero-order valence-corrected chi connectivity index (χ0v) is 15.4. The Kier molecular flexibility index (Phi) is 5.99. The fourth-order valence-electron chi connectivity index (χ4n) is 3.18. The van der Waals surface area contributed by atoms with E-state index in [4.69, 9.17) is 0 Å². The van der Waals surface area contributed by atoms with Crippen molar-refractivity contribution in [2.75, 3.05) is 20.1 Å². The van der Waals surface area contributed by atoms with Crippen LogP contribution in [0.2, 0.25) is 0 Å². The molecule has 7 nitrogen and oxygen atoms in total. The van der Waals surface area contributed by atoms with Crippen molar-refractivity contribution in [1.29, 1.82) is 0 Å². The molecule has 1 saturated heterocycles. The Morgan fingerprint density at radius 3 is 2.79 bits per heavy atom. The highest BCUT2D eigenvalue weighted by Gasteiger charge is 2.33. The Morgan fingerprint density at radius 2 is 2.21 bits per heavy atom. The molecule has 24 heavy (non-hydrogen) atoms. The maximum atomic E-state index is 12.6. The van der Waals surface area contributed by atoms with E-state index in [2.05, 4.69) is 29.2 Å². The number of amides is 2. The van der Waals surface area contributed by atoms with E-state index in [-0.39, 0.29) is 30.3 Å². The Labute approximate surface area is 144 Å². The summed E-state index contributed by atoms with van der Waals surface area (Å²) in [5.74, 6) is -0.0713. The third-order valence-electron chi connectivity index (χ3n) is 4.74. The van der Waals surface area contributed by atoms with E-state index < -0.39 is 0 Å². The summed E-state index contributed by atoms with van der Waals surface area (Å²) in [6, 6.07) is -0.141. The molecule has 1 N–H and O–H groups in total. The quantitative estimate of drug-likeness (QED) is 0.834. The second-order valence-corrected chi connectivity index (χ2v) is 6.66. The van der Waals surface area contributed by atoms with Gasteiger partial charge in [-0.25, -0.2) is 0 Å². The van der Waals surface area contributed by atoms with Gasteiger partial charge in [0.2, 0.25) is 11.8 Å². The highest BCUT2D eigenvalue weighted by molar-refractivity contribution is 5.88. The first-order chi connectivity index (χ1) is 11.3. The first-order valence-electron chi connectivity index (χ1n) is 8.63. The smallest absolute Gasteiger partial charge is 0.237 e. The predicted molar refractivity (Wildman–Crippen MR) is 92.4 cm³/mol. The average molecular weight is 335 g/mol. The average Bonchev–Trinajstić information content (AvgIpc) is 2.89. The standard InChI is InChI=1S/C17H29N5O2/c1-6-22-13(4)14(10-19-22)11-20(5)16(23)9-15-17(24)18-7-8-21(15)12(2)3/h10,12,15H,6-9,11H2,1-5H3,(H,18,24)/t15-/m0/s1. The van der Waals surface area contributed by atoms with Crippen molar-refractivity contribution in [3.05, 3.63) is 17.5 Å². The minimum absolute atomic E-state index is 0.0219. The molecule has 0 spiro atoms. The van der Waals surface area contributed by atoms with Gasteiger partial charge in [-0.3, -0.25) is 19.2 Å². The van der Waals surface area contributed by atoms with Crippen molar-refractivity contribution in [2.45, 2.75) is 59.3 Å². The molecular formula is C17H29N5O2. The predicted octanol–water partition coefficient (Wildman–Crippen LogP) is 0.769. The van der Waals surface area contributed by atoms with Crippen LogP contribution < -0.4 is 5.32 Å². The fraction of sp³-hybridized carbons (Fsp3) is 0.706. The third kappa shape index (κ3) is 3.95. The van der Waals surface area contributed by atoms with Crippen LogP contribution in [0.4, 0.5) is 0 Å². The zero-order chi connectivity index (χ0) is 17.9. The van der Waals surface area contributed by atoms with Crippen LogP contribution in [0.3, 0.4) is 0 Å². The summed E-state index contributed by atoms with van der Waals surface area (Å²) in [5.41, 5.74) is 2.12. The van der Waals surface area contributed by atoms with Crippen LogP contribution in [0, 0.1) is 6.92 Å². The van der Waals surface area contributed by atoms with Crippen LogP contribution in [0.25, 0.3) is 0 Å². The number of nitrogens with zero attached hydrogens (tertiary/aromatic N) is 4. The summed E-state index contributed by atoms with van der Waals surface area (Å²) in [4.78, 5) is 28.6. The Morgan fingerprint density at radius 1 is 1.50 bits per heavy atom. The Balaban J connectivity index is 2.01. The molecule has 1 aliphatic heterocycles. The number of aryl methyl sites for hydroxylation is 1. The lowest BCUT2D eigenvalue weighted by atomic mass is 10.1. The van der Waals surface area contributed by atoms with E-state index >= 15 is 0 Å². The van der Waals surface area contributed by atoms with Gasteiger partial charge in [0.1, 0.15) is 0 Å². The second-order valence-electron chi connectivity index (χ2n) is 6.66. The number of rotatable bonds is 6. The minimum Gasteiger partial charge on any atom is -0.353 e. The van der Waals surface area contributed by atoms with E-state index in [1.165, 1.54) is 0 Å².